The highest BCUT2D eigenvalue weighted by molar-refractivity contribution is 5.10. The van der Waals surface area contributed by atoms with E-state index in [-0.39, 0.29) is 5.60 Å². The van der Waals surface area contributed by atoms with Gasteiger partial charge in [-0.15, -0.1) is 6.42 Å². The molecule has 2 nitrogen and oxygen atoms in total. The van der Waals surface area contributed by atoms with Crippen molar-refractivity contribution in [2.45, 2.75) is 43.8 Å². The Kier molecular flexibility index (Phi) is 2.57. The van der Waals surface area contributed by atoms with Gasteiger partial charge >= 0.3 is 0 Å². The zero-order valence-corrected chi connectivity index (χ0v) is 7.92. The molecule has 1 atom stereocenters. The van der Waals surface area contributed by atoms with Crippen LogP contribution in [-0.4, -0.2) is 24.9 Å². The smallest absolute Gasteiger partial charge is 0.128 e. The first-order chi connectivity index (χ1) is 6.35. The molecular weight excluding hydrogens is 164 g/mol. The Labute approximate surface area is 79.6 Å². The molecule has 1 heterocycles. The monoisotopic (exact) mass is 180 g/mol. The predicted molar refractivity (Wildman–Crippen MR) is 50.3 cm³/mol. The van der Waals surface area contributed by atoms with Gasteiger partial charge < -0.3 is 9.47 Å². The zero-order valence-electron chi connectivity index (χ0n) is 7.92. The second-order valence-corrected chi connectivity index (χ2v) is 3.97. The maximum absolute atomic E-state index is 5.78. The van der Waals surface area contributed by atoms with E-state index in [1.165, 1.54) is 19.3 Å². The van der Waals surface area contributed by atoms with Gasteiger partial charge in [0.25, 0.3) is 0 Å². The summed E-state index contributed by atoms with van der Waals surface area (Å²) in [6, 6.07) is 0. The van der Waals surface area contributed by atoms with Gasteiger partial charge in [-0.05, 0) is 25.7 Å². The van der Waals surface area contributed by atoms with Crippen molar-refractivity contribution in [1.82, 2.24) is 0 Å². The molecule has 13 heavy (non-hydrogen) atoms. The van der Waals surface area contributed by atoms with Crippen LogP contribution in [0.15, 0.2) is 0 Å². The van der Waals surface area contributed by atoms with E-state index in [0.29, 0.717) is 12.7 Å². The van der Waals surface area contributed by atoms with Crippen LogP contribution < -0.4 is 0 Å². The molecule has 0 N–H and O–H groups in total. The van der Waals surface area contributed by atoms with Gasteiger partial charge in [0.05, 0.1) is 13.2 Å². The summed E-state index contributed by atoms with van der Waals surface area (Å²) >= 11 is 0. The molecule has 2 fully saturated rings. The topological polar surface area (TPSA) is 21.8 Å². The van der Waals surface area contributed by atoms with E-state index in [0.717, 1.165) is 19.4 Å². The largest absolute Gasteiger partial charge is 0.371 e. The quantitative estimate of drug-likeness (QED) is 0.487. The van der Waals surface area contributed by atoms with Crippen molar-refractivity contribution in [1.29, 1.82) is 0 Å². The van der Waals surface area contributed by atoms with Crippen LogP contribution in [0.25, 0.3) is 0 Å². The van der Waals surface area contributed by atoms with Crippen LogP contribution in [0.1, 0.15) is 32.1 Å². The molecule has 2 rings (SSSR count). The van der Waals surface area contributed by atoms with Crippen LogP contribution in [0.4, 0.5) is 0 Å². The first-order valence-corrected chi connectivity index (χ1v) is 5.08. The van der Waals surface area contributed by atoms with Crippen LogP contribution in [0, 0.1) is 12.3 Å². The Morgan fingerprint density at radius 3 is 2.62 bits per heavy atom. The Balaban J connectivity index is 1.85. The average Bonchev–Trinajstić information content (AvgIpc) is 3.00. The van der Waals surface area contributed by atoms with Crippen LogP contribution in [0.3, 0.4) is 0 Å². The van der Waals surface area contributed by atoms with Crippen molar-refractivity contribution in [3.05, 3.63) is 0 Å². The Hall–Kier alpha value is -0.520. The summed E-state index contributed by atoms with van der Waals surface area (Å²) in [5, 5.41) is 0. The lowest BCUT2D eigenvalue weighted by Crippen LogP contribution is -2.34. The minimum Gasteiger partial charge on any atom is -0.371 e. The van der Waals surface area contributed by atoms with Gasteiger partial charge in [-0.3, -0.25) is 0 Å². The minimum absolute atomic E-state index is 0.260. The molecule has 0 radical (unpaired) electrons. The van der Waals surface area contributed by atoms with Crippen molar-refractivity contribution in [3.63, 3.8) is 0 Å². The molecule has 0 amide bonds. The summed E-state index contributed by atoms with van der Waals surface area (Å²) < 4.78 is 10.9. The zero-order chi connectivity index (χ0) is 9.15. The molecule has 0 bridgehead atoms. The van der Waals surface area contributed by atoms with Crippen LogP contribution in [0.5, 0.6) is 0 Å². The fourth-order valence-electron chi connectivity index (χ4n) is 1.87. The van der Waals surface area contributed by atoms with Crippen LogP contribution in [0.2, 0.25) is 0 Å². The van der Waals surface area contributed by atoms with Gasteiger partial charge in [-0.25, -0.2) is 0 Å². The van der Waals surface area contributed by atoms with Crippen LogP contribution >= 0.6 is 0 Å². The van der Waals surface area contributed by atoms with Crippen molar-refractivity contribution >= 4 is 0 Å². The van der Waals surface area contributed by atoms with E-state index in [1.807, 2.05) is 0 Å². The second kappa shape index (κ2) is 3.69. The summed E-state index contributed by atoms with van der Waals surface area (Å²) in [5.41, 5.74) is -0.260. The van der Waals surface area contributed by atoms with Crippen molar-refractivity contribution in [3.8, 4) is 12.3 Å². The highest BCUT2D eigenvalue weighted by atomic mass is 16.6. The lowest BCUT2D eigenvalue weighted by atomic mass is 9.85. The van der Waals surface area contributed by atoms with E-state index in [4.69, 9.17) is 15.9 Å². The van der Waals surface area contributed by atoms with Crippen molar-refractivity contribution in [2.24, 2.45) is 0 Å². The number of epoxide rings is 1. The van der Waals surface area contributed by atoms with Gasteiger partial charge in [-0.1, -0.05) is 12.3 Å². The molecular formula is C11H16O2. The summed E-state index contributed by atoms with van der Waals surface area (Å²) in [6.45, 7) is 1.53. The molecule has 72 valence electrons. The molecule has 1 saturated heterocycles. The van der Waals surface area contributed by atoms with Gasteiger partial charge in [0, 0.05) is 0 Å². The van der Waals surface area contributed by atoms with Gasteiger partial charge in [0.15, 0.2) is 0 Å². The first kappa shape index (κ1) is 9.05. The SMILES string of the molecule is C#CC1(OCC2CO2)CCCCC1. The predicted octanol–water partition coefficient (Wildman–Crippen LogP) is 1.74. The third-order valence-electron chi connectivity index (χ3n) is 2.87. The average molecular weight is 180 g/mol. The summed E-state index contributed by atoms with van der Waals surface area (Å²) in [6.07, 6.45) is 11.6. The van der Waals surface area contributed by atoms with Crippen molar-refractivity contribution < 1.29 is 9.47 Å². The highest BCUT2D eigenvalue weighted by Crippen LogP contribution is 2.31. The van der Waals surface area contributed by atoms with Crippen molar-refractivity contribution in [2.75, 3.05) is 13.2 Å². The molecule has 2 heteroatoms. The molecule has 0 aromatic carbocycles. The Morgan fingerprint density at radius 2 is 2.08 bits per heavy atom. The van der Waals surface area contributed by atoms with E-state index in [1.54, 1.807) is 0 Å². The summed E-state index contributed by atoms with van der Waals surface area (Å²) in [5.74, 6) is 2.82. The molecule has 1 aliphatic heterocycles. The van der Waals surface area contributed by atoms with Crippen LogP contribution in [-0.2, 0) is 9.47 Å². The number of ether oxygens (including phenoxy) is 2. The third-order valence-corrected chi connectivity index (χ3v) is 2.87. The number of hydrogen-bond acceptors (Lipinski definition) is 2. The maximum Gasteiger partial charge on any atom is 0.128 e. The van der Waals surface area contributed by atoms with Gasteiger partial charge in [0.1, 0.15) is 11.7 Å². The van der Waals surface area contributed by atoms with E-state index < -0.39 is 0 Å². The maximum atomic E-state index is 5.78. The summed E-state index contributed by atoms with van der Waals surface area (Å²) in [4.78, 5) is 0. The molecule has 0 aromatic heterocycles. The molecule has 0 aromatic rings. The van der Waals surface area contributed by atoms with E-state index in [2.05, 4.69) is 5.92 Å². The Morgan fingerprint density at radius 1 is 1.38 bits per heavy atom. The second-order valence-electron chi connectivity index (χ2n) is 3.97. The summed E-state index contributed by atoms with van der Waals surface area (Å²) in [7, 11) is 0. The number of hydrogen-bond donors (Lipinski definition) is 0. The molecule has 1 unspecified atom stereocenters. The lowest BCUT2D eigenvalue weighted by Gasteiger charge is -2.32. The van der Waals surface area contributed by atoms with Gasteiger partial charge in [-0.2, -0.15) is 0 Å². The minimum atomic E-state index is -0.260. The normalized spacial score (nSPS) is 30.8. The van der Waals surface area contributed by atoms with E-state index in [9.17, 15) is 0 Å². The lowest BCUT2D eigenvalue weighted by molar-refractivity contribution is -0.0320. The number of rotatable bonds is 3. The number of terminal acetylenes is 1. The van der Waals surface area contributed by atoms with E-state index >= 15 is 0 Å². The fraction of sp³-hybridized carbons (Fsp3) is 0.818. The standard InChI is InChI=1S/C11H16O2/c1-2-11(6-4-3-5-7-11)13-9-10-8-12-10/h1,10H,3-9H2. The fourth-order valence-corrected chi connectivity index (χ4v) is 1.87. The highest BCUT2D eigenvalue weighted by Gasteiger charge is 2.33. The Bertz CT molecular complexity index is 207. The first-order valence-electron chi connectivity index (χ1n) is 5.08. The molecule has 2 aliphatic rings. The molecule has 1 aliphatic carbocycles. The third kappa shape index (κ3) is 2.24. The molecule has 1 saturated carbocycles. The van der Waals surface area contributed by atoms with Gasteiger partial charge in [0.2, 0.25) is 0 Å². The molecule has 0 spiro atoms.